The van der Waals surface area contributed by atoms with Gasteiger partial charge < -0.3 is 14.9 Å². The summed E-state index contributed by atoms with van der Waals surface area (Å²) in [6, 6.07) is 24.4. The Hall–Kier alpha value is -1.79. The van der Waals surface area contributed by atoms with Crippen LogP contribution in [-0.4, -0.2) is 8.80 Å². The minimum atomic E-state index is -0.0310. The molecule has 206 valence electrons. The molecule has 0 amide bonds. The van der Waals surface area contributed by atoms with Crippen LogP contribution in [0.3, 0.4) is 0 Å². The Morgan fingerprint density at radius 3 is 1.31 bits per heavy atom. The summed E-state index contributed by atoms with van der Waals surface area (Å²) in [5.74, 6) is 0. The van der Waals surface area contributed by atoms with Gasteiger partial charge in [-0.2, -0.15) is 0 Å². The van der Waals surface area contributed by atoms with Crippen molar-refractivity contribution in [3.63, 3.8) is 0 Å². The van der Waals surface area contributed by atoms with E-state index >= 15 is 0 Å². The number of benzene rings is 2. The molecule has 8 rings (SSSR count). The van der Waals surface area contributed by atoms with E-state index < -0.39 is 0 Å². The summed E-state index contributed by atoms with van der Waals surface area (Å²) >= 11 is 3.33. The third-order valence-electron chi connectivity index (χ3n) is 7.82. The molecule has 0 aliphatic rings. The molecule has 0 unspecified atom stereocenters. The average molecular weight is 739 g/mol. The van der Waals surface area contributed by atoms with E-state index in [0.29, 0.717) is 11.1 Å². The van der Waals surface area contributed by atoms with E-state index in [0.717, 1.165) is 66.2 Å². The summed E-state index contributed by atoms with van der Waals surface area (Å²) < 4.78 is 3.73. The number of hydrogen-bond donors (Lipinski definition) is 0. The van der Waals surface area contributed by atoms with Crippen molar-refractivity contribution in [3.05, 3.63) is 118 Å². The number of thiophene rings is 2. The maximum atomic E-state index is 14.6. The second kappa shape index (κ2) is 12.3. The van der Waals surface area contributed by atoms with Gasteiger partial charge in [0.25, 0.3) is 11.1 Å². The summed E-state index contributed by atoms with van der Waals surface area (Å²) in [7, 11) is 0. The van der Waals surface area contributed by atoms with Crippen LogP contribution in [0.15, 0.2) is 82.4 Å². The van der Waals surface area contributed by atoms with Crippen LogP contribution in [0.5, 0.6) is 0 Å². The molecule has 2 aromatic carbocycles. The van der Waals surface area contributed by atoms with Crippen molar-refractivity contribution < 1.29 is 65.4 Å². The maximum Gasteiger partial charge on any atom is 0.265 e. The molecule has 4 nitrogen and oxygen atoms in total. The van der Waals surface area contributed by atoms with E-state index in [2.05, 4.69) is 38.1 Å². The standard InChI is InChI=1S/C32H22N2O2S2.2CH3.2Y/c1-3-17-13-15-23(37-17)27-25-19-9-5-7-11-21(19)34-29(25)30-26(20-10-6-8-12-22(20)33(30)31(27)35)28(32(34)36)24-16-14-18(4-2)38-24;;;;/h5-16H,3-4H2,1-2H3;2*1H3;;/q;2*-1;;. The number of rotatable bonds is 4. The van der Waals surface area contributed by atoms with Gasteiger partial charge in [0, 0.05) is 106 Å². The van der Waals surface area contributed by atoms with Crippen molar-refractivity contribution in [3.8, 4) is 20.9 Å². The van der Waals surface area contributed by atoms with Crippen LogP contribution in [-0.2, 0) is 78.3 Å². The summed E-state index contributed by atoms with van der Waals surface area (Å²) in [6.07, 6.45) is 1.83. The second-order valence-corrected chi connectivity index (χ2v) is 12.1. The van der Waals surface area contributed by atoms with Crippen molar-refractivity contribution in [2.24, 2.45) is 0 Å². The average Bonchev–Trinajstić information content (AvgIpc) is 3.73. The fourth-order valence-electron chi connectivity index (χ4n) is 6.16. The molecule has 42 heavy (non-hydrogen) atoms. The van der Waals surface area contributed by atoms with Gasteiger partial charge in [-0.05, 0) is 49.2 Å². The molecular formula is C34H28N2O2S2Y2-2. The normalized spacial score (nSPS) is 11.2. The second-order valence-electron chi connectivity index (χ2n) is 9.75. The van der Waals surface area contributed by atoms with Gasteiger partial charge in [0.1, 0.15) is 0 Å². The summed E-state index contributed by atoms with van der Waals surface area (Å²) in [5.41, 5.74) is 4.65. The first-order valence-corrected chi connectivity index (χ1v) is 14.5. The Labute approximate surface area is 302 Å². The number of fused-ring (bicyclic) bond motifs is 6. The summed E-state index contributed by atoms with van der Waals surface area (Å²) in [6.45, 7) is 4.26. The number of pyridine rings is 2. The van der Waals surface area contributed by atoms with Gasteiger partial charge in [-0.25, -0.2) is 0 Å². The number of nitrogens with zero attached hydrogens (tertiary/aromatic N) is 2. The zero-order valence-electron chi connectivity index (χ0n) is 24.0. The molecule has 0 fully saturated rings. The monoisotopic (exact) mass is 738 g/mol. The van der Waals surface area contributed by atoms with Gasteiger partial charge in [-0.15, -0.1) is 22.7 Å². The van der Waals surface area contributed by atoms with E-state index in [1.807, 2.05) is 57.3 Å². The zero-order valence-corrected chi connectivity index (χ0v) is 31.3. The first-order chi connectivity index (χ1) is 18.6. The Morgan fingerprint density at radius 1 is 0.571 bits per heavy atom. The minimum absolute atomic E-state index is 0. The molecule has 0 atom stereocenters. The number of para-hydroxylation sites is 2. The van der Waals surface area contributed by atoms with E-state index in [4.69, 9.17) is 0 Å². The quantitative estimate of drug-likeness (QED) is 0.170. The Balaban J connectivity index is 0.00000101. The number of hydrogen-bond acceptors (Lipinski definition) is 4. The first-order valence-electron chi connectivity index (χ1n) is 12.9. The molecule has 0 spiro atoms. The zero-order chi connectivity index (χ0) is 25.7. The van der Waals surface area contributed by atoms with Crippen LogP contribution in [0.4, 0.5) is 0 Å². The molecule has 8 aromatic rings. The van der Waals surface area contributed by atoms with Gasteiger partial charge in [0.2, 0.25) is 0 Å². The van der Waals surface area contributed by atoms with Gasteiger partial charge in [-0.1, -0.05) is 50.2 Å². The molecule has 0 aliphatic heterocycles. The molecule has 0 bridgehead atoms. The van der Waals surface area contributed by atoms with E-state index in [1.165, 1.54) is 9.75 Å². The Kier molecular flexibility index (Phi) is 9.70. The van der Waals surface area contributed by atoms with E-state index in [-0.39, 0.29) is 91.4 Å². The van der Waals surface area contributed by atoms with Gasteiger partial charge in [-0.3, -0.25) is 18.4 Å². The maximum absolute atomic E-state index is 14.6. The molecule has 0 saturated carbocycles. The van der Waals surface area contributed by atoms with Crippen molar-refractivity contribution in [2.75, 3.05) is 0 Å². The fourth-order valence-corrected chi connectivity index (χ4v) is 8.14. The molecule has 8 heteroatoms. The Bertz CT molecular complexity index is 2160. The van der Waals surface area contributed by atoms with Crippen molar-refractivity contribution in [2.45, 2.75) is 26.7 Å². The Morgan fingerprint density at radius 2 is 0.952 bits per heavy atom. The van der Waals surface area contributed by atoms with Gasteiger partial charge in [0.15, 0.2) is 0 Å². The molecular weight excluding hydrogens is 710 g/mol. The SMILES string of the molecule is CCc1ccc(-c2c(=O)n3c4ccccc4c4c(-c5ccc(CC)s5)c(=O)n5c6ccccc6c2c5c43)s1.[CH3-].[CH3-].[Y].[Y]. The predicted octanol–water partition coefficient (Wildman–Crippen LogP) is 8.72. The van der Waals surface area contributed by atoms with Gasteiger partial charge in [0.05, 0.1) is 33.2 Å². The van der Waals surface area contributed by atoms with Crippen LogP contribution in [0, 0.1) is 14.9 Å². The van der Waals surface area contributed by atoms with Crippen LogP contribution in [0.2, 0.25) is 0 Å². The summed E-state index contributed by atoms with van der Waals surface area (Å²) in [5, 5.41) is 3.63. The van der Waals surface area contributed by atoms with Gasteiger partial charge >= 0.3 is 0 Å². The topological polar surface area (TPSA) is 43.0 Å². The molecule has 2 radical (unpaired) electrons. The first kappa shape index (κ1) is 33.1. The summed E-state index contributed by atoms with van der Waals surface area (Å²) in [4.78, 5) is 33.5. The molecule has 0 saturated heterocycles. The molecule has 6 heterocycles. The van der Waals surface area contributed by atoms with E-state index in [1.54, 1.807) is 22.7 Å². The number of aromatic nitrogens is 2. The van der Waals surface area contributed by atoms with Crippen molar-refractivity contribution in [1.29, 1.82) is 0 Å². The molecule has 0 aliphatic carbocycles. The smallest absolute Gasteiger partial charge is 0.265 e. The van der Waals surface area contributed by atoms with Crippen molar-refractivity contribution in [1.82, 2.24) is 8.80 Å². The van der Waals surface area contributed by atoms with Crippen LogP contribution in [0.1, 0.15) is 23.6 Å². The molecule has 6 aromatic heterocycles. The van der Waals surface area contributed by atoms with Crippen LogP contribution >= 0.6 is 22.7 Å². The van der Waals surface area contributed by atoms with Crippen LogP contribution < -0.4 is 11.1 Å². The minimum Gasteiger partial charge on any atom is -0.358 e. The predicted molar refractivity (Wildman–Crippen MR) is 174 cm³/mol. The third-order valence-corrected chi connectivity index (χ3v) is 10.3. The third kappa shape index (κ3) is 4.36. The van der Waals surface area contributed by atoms with Crippen LogP contribution in [0.25, 0.3) is 64.5 Å². The largest absolute Gasteiger partial charge is 0.358 e. The fraction of sp³-hybridized carbons (Fsp3) is 0.118. The molecule has 0 N–H and O–H groups in total. The van der Waals surface area contributed by atoms with Crippen molar-refractivity contribution >= 4 is 66.3 Å². The van der Waals surface area contributed by atoms with E-state index in [9.17, 15) is 9.59 Å². The number of aryl methyl sites for hydroxylation is 2.